The van der Waals surface area contributed by atoms with Crippen molar-refractivity contribution in [3.8, 4) is 0 Å². The quantitative estimate of drug-likeness (QED) is 0.0623. The summed E-state index contributed by atoms with van der Waals surface area (Å²) < 4.78 is 259. The minimum Gasteiger partial charge on any atom is -0.496 e. The Bertz CT molecular complexity index is 2010. The van der Waals surface area contributed by atoms with Gasteiger partial charge in [-0.2, -0.15) is 0 Å². The molecule has 0 saturated heterocycles. The topological polar surface area (TPSA) is 434 Å². The zero-order chi connectivity index (χ0) is 103. The molecule has 864 valence electrons. The van der Waals surface area contributed by atoms with Crippen LogP contribution in [0.2, 0.25) is 0 Å². The summed E-state index contributed by atoms with van der Waals surface area (Å²) in [6.45, 7) is 49.7. The van der Waals surface area contributed by atoms with E-state index in [1.165, 1.54) is 6.26 Å². The Morgan fingerprint density at radius 1 is 0.118 bits per heavy atom. The molecule has 47 heteroatoms. The minimum atomic E-state index is 0.0306. The van der Waals surface area contributed by atoms with Crippen LogP contribution in [0.25, 0.3) is 0 Å². The van der Waals surface area contributed by atoms with Gasteiger partial charge < -0.3 is 223 Å². The number of hydrogen-bond donors (Lipinski definition) is 0. The summed E-state index contributed by atoms with van der Waals surface area (Å²) in [5, 5.41) is 0. The molecular formula is C97H194O47. The standard InChI is InChI=1S/C97H194O47/c1-4-97(144-5-2)96-143-95-94-142-93-92-141-91-90-140-89-88-139-87-86-138-85-84-137-83-82-136-81-80-135-79-78-134-77-76-133-75-74-132-73-72-131-71-70-130-69-68-129-67-66-128-65-64-127-63-62-126-61-60-125-59-58-124-57-56-123-55-54-122-53-52-121-51-50-120-49-48-119-47-46-118-45-44-117-43-42-116-41-40-115-39-38-114-37-36-113-35-34-112-33-32-111-31-30-110-29-28-109-27-26-108-25-24-107-23-22-106-21-20-105-19-18-104-17-16-103-15-14-102-13-12-101-11-10-100-9-8-99-7-6-98-3/h5,97H,2,4,6-96H2,1,3H3. The Hall–Kier alpha value is -2.30. The van der Waals surface area contributed by atoms with Crippen molar-refractivity contribution in [2.45, 2.75) is 19.4 Å². The Labute approximate surface area is 859 Å². The van der Waals surface area contributed by atoms with E-state index in [2.05, 4.69) is 6.58 Å². The molecule has 0 N–H and O–H groups in total. The molecule has 144 heavy (non-hydrogen) atoms. The van der Waals surface area contributed by atoms with E-state index < -0.39 is 0 Å². The SMILES string of the molecule is C=COC(CC)COCCOCCOCCOCCOCCOCCOCCOCCOCCOCCOCCOCCOCCOCCOCCOCCOCCOCCOCCOCCOCCOCCOCCOCCOCCOCCOCCOCCOCCOCCOCCOCCOCCOCCOCCOCCOCCOCCOCCOCCOCCOCCOCCOCCOCCOC. The largest absolute Gasteiger partial charge is 0.496 e. The predicted molar refractivity (Wildman–Crippen MR) is 524 cm³/mol. The van der Waals surface area contributed by atoms with Crippen LogP contribution in [0.5, 0.6) is 0 Å². The van der Waals surface area contributed by atoms with E-state index >= 15 is 0 Å². The van der Waals surface area contributed by atoms with E-state index in [0.717, 1.165) is 6.42 Å². The normalized spacial score (nSPS) is 12.0. The number of ether oxygens (including phenoxy) is 47. The van der Waals surface area contributed by atoms with Gasteiger partial charge in [0, 0.05) is 7.11 Å². The summed E-state index contributed by atoms with van der Waals surface area (Å²) in [4.78, 5) is 0. The van der Waals surface area contributed by atoms with E-state index in [1.807, 2.05) is 6.92 Å². The zero-order valence-electron chi connectivity index (χ0n) is 88.1. The molecule has 0 saturated carbocycles. The number of hydrogen-bond acceptors (Lipinski definition) is 47. The third-order valence-electron chi connectivity index (χ3n) is 17.8. The molecule has 0 spiro atoms. The summed E-state index contributed by atoms with van der Waals surface area (Å²) in [6.07, 6.45) is 2.34. The lowest BCUT2D eigenvalue weighted by molar-refractivity contribution is -0.0330. The second-order valence-electron chi connectivity index (χ2n) is 29.3. The van der Waals surface area contributed by atoms with Crippen LogP contribution in [-0.2, 0) is 223 Å². The minimum absolute atomic E-state index is 0.0306. The summed E-state index contributed by atoms with van der Waals surface area (Å²) in [6, 6.07) is 0. The molecule has 0 aliphatic rings. The lowest BCUT2D eigenvalue weighted by Gasteiger charge is -2.14. The van der Waals surface area contributed by atoms with Crippen LogP contribution in [0.4, 0.5) is 0 Å². The van der Waals surface area contributed by atoms with E-state index in [-0.39, 0.29) is 6.10 Å². The van der Waals surface area contributed by atoms with Crippen molar-refractivity contribution in [2.75, 3.05) is 608 Å². The van der Waals surface area contributed by atoms with Gasteiger partial charge in [-0.05, 0) is 6.42 Å². The van der Waals surface area contributed by atoms with Crippen LogP contribution < -0.4 is 0 Å². The summed E-state index contributed by atoms with van der Waals surface area (Å²) >= 11 is 0. The van der Waals surface area contributed by atoms with Gasteiger partial charge in [0.25, 0.3) is 0 Å². The molecule has 0 rings (SSSR count). The third kappa shape index (κ3) is 136. The molecular weight excluding hydrogens is 1920 g/mol. The second kappa shape index (κ2) is 139. The Morgan fingerprint density at radius 2 is 0.188 bits per heavy atom. The van der Waals surface area contributed by atoms with Crippen LogP contribution in [-0.4, -0.2) is 614 Å². The third-order valence-corrected chi connectivity index (χ3v) is 17.8. The highest BCUT2D eigenvalue weighted by molar-refractivity contribution is 4.60. The summed E-state index contributed by atoms with van der Waals surface area (Å²) in [5.41, 5.74) is 0. The van der Waals surface area contributed by atoms with Crippen LogP contribution in [0.1, 0.15) is 13.3 Å². The van der Waals surface area contributed by atoms with Crippen molar-refractivity contribution in [1.29, 1.82) is 0 Å². The van der Waals surface area contributed by atoms with Crippen molar-refractivity contribution in [3.05, 3.63) is 12.8 Å². The van der Waals surface area contributed by atoms with Gasteiger partial charge in [0.15, 0.2) is 0 Å². The summed E-state index contributed by atoms with van der Waals surface area (Å²) in [7, 11) is 1.64. The van der Waals surface area contributed by atoms with Crippen molar-refractivity contribution in [2.24, 2.45) is 0 Å². The maximum absolute atomic E-state index is 5.56. The molecule has 0 heterocycles. The molecule has 0 aliphatic carbocycles. The molecule has 0 aromatic rings. The molecule has 0 bridgehead atoms. The smallest absolute Gasteiger partial charge is 0.121 e. The van der Waals surface area contributed by atoms with Gasteiger partial charge in [0.2, 0.25) is 0 Å². The van der Waals surface area contributed by atoms with Crippen molar-refractivity contribution >= 4 is 0 Å². The fourth-order valence-electron chi connectivity index (χ4n) is 10.4. The maximum atomic E-state index is 5.56. The first-order valence-electron chi connectivity index (χ1n) is 51.6. The molecule has 0 aromatic carbocycles. The molecule has 1 atom stereocenters. The molecule has 1 unspecified atom stereocenters. The van der Waals surface area contributed by atoms with Gasteiger partial charge in [-0.1, -0.05) is 13.5 Å². The van der Waals surface area contributed by atoms with Crippen LogP contribution >= 0.6 is 0 Å². The zero-order valence-corrected chi connectivity index (χ0v) is 88.1. The van der Waals surface area contributed by atoms with E-state index in [4.69, 9.17) is 223 Å². The van der Waals surface area contributed by atoms with Gasteiger partial charge in [0.05, 0.1) is 607 Å². The van der Waals surface area contributed by atoms with Gasteiger partial charge in [0.1, 0.15) is 6.10 Å². The lowest BCUT2D eigenvalue weighted by Crippen LogP contribution is -2.19. The lowest BCUT2D eigenvalue weighted by atomic mass is 10.3. The molecule has 0 aliphatic heterocycles. The highest BCUT2D eigenvalue weighted by Gasteiger charge is 2.09. The second-order valence-corrected chi connectivity index (χ2v) is 29.3. The molecule has 0 amide bonds. The highest BCUT2D eigenvalue weighted by Crippen LogP contribution is 2.01. The Kier molecular flexibility index (Phi) is 136. The Balaban J connectivity index is 3.11. The van der Waals surface area contributed by atoms with Gasteiger partial charge >= 0.3 is 0 Å². The average Bonchev–Trinajstić information content (AvgIpc) is 1.02. The average molecular weight is 2110 g/mol. The van der Waals surface area contributed by atoms with Crippen molar-refractivity contribution in [3.63, 3.8) is 0 Å². The van der Waals surface area contributed by atoms with E-state index in [0.29, 0.717) is 601 Å². The van der Waals surface area contributed by atoms with Crippen LogP contribution in [0.3, 0.4) is 0 Å². The first-order valence-corrected chi connectivity index (χ1v) is 51.6. The van der Waals surface area contributed by atoms with Crippen LogP contribution in [0.15, 0.2) is 12.8 Å². The molecule has 47 nitrogen and oxygen atoms in total. The fourth-order valence-corrected chi connectivity index (χ4v) is 10.4. The fraction of sp³-hybridized carbons (Fsp3) is 0.979. The van der Waals surface area contributed by atoms with Gasteiger partial charge in [-0.15, -0.1) is 0 Å². The number of methoxy groups -OCH3 is 1. The molecule has 0 radical (unpaired) electrons. The van der Waals surface area contributed by atoms with Crippen LogP contribution in [0, 0.1) is 0 Å². The summed E-state index contributed by atoms with van der Waals surface area (Å²) in [5.74, 6) is 0. The Morgan fingerprint density at radius 3 is 0.250 bits per heavy atom. The van der Waals surface area contributed by atoms with Crippen molar-refractivity contribution in [1.82, 2.24) is 0 Å². The number of rotatable bonds is 140. The predicted octanol–water partition coefficient (Wildman–Crippen LogP) is 2.32. The van der Waals surface area contributed by atoms with E-state index in [1.54, 1.807) is 7.11 Å². The van der Waals surface area contributed by atoms with E-state index in [9.17, 15) is 0 Å². The van der Waals surface area contributed by atoms with Gasteiger partial charge in [-0.3, -0.25) is 0 Å². The first-order chi connectivity index (χ1) is 71.8. The monoisotopic (exact) mass is 2110 g/mol. The molecule has 0 aromatic heterocycles. The van der Waals surface area contributed by atoms with Crippen molar-refractivity contribution < 1.29 is 223 Å². The first kappa shape index (κ1) is 142. The maximum Gasteiger partial charge on any atom is 0.121 e. The van der Waals surface area contributed by atoms with Gasteiger partial charge in [-0.25, -0.2) is 0 Å². The molecule has 0 fully saturated rings. The highest BCUT2D eigenvalue weighted by atomic mass is 16.7.